The van der Waals surface area contributed by atoms with Crippen molar-refractivity contribution in [3.8, 4) is 0 Å². The molecule has 0 saturated heterocycles. The molecule has 2 heterocycles. The van der Waals surface area contributed by atoms with Crippen molar-refractivity contribution in [2.45, 2.75) is 31.2 Å². The Morgan fingerprint density at radius 3 is 3.04 bits per heavy atom. The molecule has 0 bridgehead atoms. The highest BCUT2D eigenvalue weighted by molar-refractivity contribution is 8.00. The molecule has 8 heteroatoms. The summed E-state index contributed by atoms with van der Waals surface area (Å²) in [6.45, 7) is 2.30. The minimum atomic E-state index is -0.167. The van der Waals surface area contributed by atoms with Crippen molar-refractivity contribution in [3.63, 3.8) is 0 Å². The molecule has 0 aliphatic heterocycles. The maximum atomic E-state index is 12.2. The highest BCUT2D eigenvalue weighted by Gasteiger charge is 2.23. The predicted octanol–water partition coefficient (Wildman–Crippen LogP) is 4.71. The van der Waals surface area contributed by atoms with Gasteiger partial charge in [-0.25, -0.2) is 15.4 Å². The van der Waals surface area contributed by atoms with E-state index in [9.17, 15) is 4.79 Å². The van der Waals surface area contributed by atoms with Crippen molar-refractivity contribution in [2.24, 2.45) is 11.0 Å². The molecule has 0 saturated carbocycles. The van der Waals surface area contributed by atoms with Gasteiger partial charge in [0.2, 0.25) is 5.91 Å². The van der Waals surface area contributed by atoms with Crippen LogP contribution in [0.3, 0.4) is 0 Å². The van der Waals surface area contributed by atoms with Crippen LogP contribution in [0.1, 0.15) is 29.3 Å². The predicted molar refractivity (Wildman–Crippen MR) is 117 cm³/mol. The van der Waals surface area contributed by atoms with Gasteiger partial charge in [0.15, 0.2) is 0 Å². The molecule has 3 aromatic rings. The molecule has 0 radical (unpaired) electrons. The first-order valence-corrected chi connectivity index (χ1v) is 11.2. The van der Waals surface area contributed by atoms with Crippen molar-refractivity contribution >= 4 is 57.0 Å². The fourth-order valence-corrected chi connectivity index (χ4v) is 5.61. The summed E-state index contributed by atoms with van der Waals surface area (Å²) < 4.78 is 0. The fraction of sp³-hybridized carbons (Fsp3) is 0.300. The number of fused-ring (bicyclic) bond motifs is 3. The van der Waals surface area contributed by atoms with Crippen LogP contribution in [-0.2, 0) is 17.6 Å². The summed E-state index contributed by atoms with van der Waals surface area (Å²) in [5.41, 5.74) is 4.81. The third kappa shape index (κ3) is 4.37. The van der Waals surface area contributed by atoms with E-state index in [4.69, 9.17) is 11.6 Å². The first-order valence-electron chi connectivity index (χ1n) is 9.05. The third-order valence-corrected chi connectivity index (χ3v) is 7.07. The van der Waals surface area contributed by atoms with Gasteiger partial charge < -0.3 is 0 Å². The molecular formula is C20H19ClN4OS2. The summed E-state index contributed by atoms with van der Waals surface area (Å²) >= 11 is 9.06. The number of hydrazone groups is 1. The number of thiophene rings is 1. The van der Waals surface area contributed by atoms with Crippen LogP contribution in [0.5, 0.6) is 0 Å². The van der Waals surface area contributed by atoms with Gasteiger partial charge in [0.25, 0.3) is 0 Å². The number of hydrogen-bond acceptors (Lipinski definition) is 6. The number of nitrogens with zero attached hydrogens (tertiary/aromatic N) is 3. The van der Waals surface area contributed by atoms with Gasteiger partial charge in [-0.3, -0.25) is 4.79 Å². The molecule has 1 atom stereocenters. The lowest BCUT2D eigenvalue weighted by molar-refractivity contribution is -0.118. The largest absolute Gasteiger partial charge is 0.272 e. The molecular weight excluding hydrogens is 412 g/mol. The van der Waals surface area contributed by atoms with Gasteiger partial charge in [0, 0.05) is 15.3 Å². The zero-order valence-electron chi connectivity index (χ0n) is 15.3. The smallest absolute Gasteiger partial charge is 0.250 e. The quantitative estimate of drug-likeness (QED) is 0.275. The number of carbonyl (C=O) groups is 1. The second-order valence-electron chi connectivity index (χ2n) is 6.84. The van der Waals surface area contributed by atoms with Gasteiger partial charge in [-0.1, -0.05) is 42.4 Å². The summed E-state index contributed by atoms with van der Waals surface area (Å²) in [4.78, 5) is 23.5. The lowest BCUT2D eigenvalue weighted by Gasteiger charge is -2.18. The molecule has 0 spiro atoms. The van der Waals surface area contributed by atoms with Crippen molar-refractivity contribution in [3.05, 3.63) is 51.6 Å². The number of thioether (sulfide) groups is 1. The number of carbonyl (C=O) groups excluding carboxylic acids is 1. The second-order valence-corrected chi connectivity index (χ2v) is 9.33. The number of halogens is 1. The van der Waals surface area contributed by atoms with Crippen LogP contribution in [0.4, 0.5) is 0 Å². The number of rotatable bonds is 5. The van der Waals surface area contributed by atoms with Gasteiger partial charge in [-0.05, 0) is 48.4 Å². The van der Waals surface area contributed by atoms with Crippen molar-refractivity contribution < 1.29 is 4.79 Å². The number of hydrogen-bond donors (Lipinski definition) is 1. The topological polar surface area (TPSA) is 67.2 Å². The lowest BCUT2D eigenvalue weighted by Crippen LogP contribution is -2.19. The Kier molecular flexibility index (Phi) is 5.94. The number of aromatic nitrogens is 2. The molecule has 0 fully saturated rings. The molecule has 1 amide bonds. The van der Waals surface area contributed by atoms with Crippen LogP contribution >= 0.6 is 34.7 Å². The van der Waals surface area contributed by atoms with Gasteiger partial charge >= 0.3 is 0 Å². The van der Waals surface area contributed by atoms with Gasteiger partial charge in [-0.15, -0.1) is 11.3 Å². The highest BCUT2D eigenvalue weighted by Crippen LogP contribution is 2.40. The van der Waals surface area contributed by atoms with Crippen molar-refractivity contribution in [2.75, 3.05) is 5.75 Å². The normalized spacial score (nSPS) is 16.4. The molecule has 1 aliphatic carbocycles. The van der Waals surface area contributed by atoms with Gasteiger partial charge in [0.05, 0.1) is 12.0 Å². The van der Waals surface area contributed by atoms with E-state index in [0.29, 0.717) is 10.9 Å². The zero-order valence-corrected chi connectivity index (χ0v) is 17.7. The van der Waals surface area contributed by atoms with Crippen LogP contribution in [-0.4, -0.2) is 27.8 Å². The second kappa shape index (κ2) is 8.59. The first kappa shape index (κ1) is 19.4. The maximum Gasteiger partial charge on any atom is 0.250 e. The van der Waals surface area contributed by atoms with Gasteiger partial charge in [0.1, 0.15) is 16.2 Å². The standard InChI is InChI=1S/C20H19ClN4OS2/c1-12-2-7-15-16(8-12)28-20-18(15)19(22-11-23-20)27-10-17(26)25-24-9-13-3-5-14(21)6-4-13/h3-6,9,11-12H,2,7-8,10H2,1H3,(H,25,26)/b24-9-/t12-/m0/s1. The number of benzene rings is 1. The van der Waals surface area contributed by atoms with E-state index in [1.807, 2.05) is 12.1 Å². The lowest BCUT2D eigenvalue weighted by atomic mass is 9.89. The molecule has 28 heavy (non-hydrogen) atoms. The zero-order chi connectivity index (χ0) is 19.5. The summed E-state index contributed by atoms with van der Waals surface area (Å²) in [6.07, 6.45) is 6.55. The van der Waals surface area contributed by atoms with Gasteiger partial charge in [-0.2, -0.15) is 5.10 Å². The van der Waals surface area contributed by atoms with E-state index in [1.165, 1.54) is 28.6 Å². The summed E-state index contributed by atoms with van der Waals surface area (Å²) in [6, 6.07) is 7.24. The number of amides is 1. The monoisotopic (exact) mass is 430 g/mol. The van der Waals surface area contributed by atoms with E-state index in [0.717, 1.165) is 33.6 Å². The average molecular weight is 431 g/mol. The molecule has 144 valence electrons. The highest BCUT2D eigenvalue weighted by atomic mass is 35.5. The Labute approximate surface area is 176 Å². The molecule has 1 aliphatic rings. The Bertz CT molecular complexity index is 1030. The Hall–Kier alpha value is -1.96. The van der Waals surface area contributed by atoms with Crippen LogP contribution in [0.25, 0.3) is 10.2 Å². The van der Waals surface area contributed by atoms with E-state index in [1.54, 1.807) is 36.0 Å². The van der Waals surface area contributed by atoms with E-state index in [2.05, 4.69) is 27.4 Å². The van der Waals surface area contributed by atoms with E-state index in [-0.39, 0.29) is 11.7 Å². The minimum absolute atomic E-state index is 0.167. The maximum absolute atomic E-state index is 12.2. The Balaban J connectivity index is 1.41. The summed E-state index contributed by atoms with van der Waals surface area (Å²) in [5.74, 6) is 0.805. The van der Waals surface area contributed by atoms with E-state index < -0.39 is 0 Å². The Morgan fingerprint density at radius 1 is 1.39 bits per heavy atom. The SMILES string of the molecule is C[C@H]1CCc2c(sc3ncnc(SCC(=O)N/N=C\c4ccc(Cl)cc4)c23)C1. The Morgan fingerprint density at radius 2 is 2.21 bits per heavy atom. The summed E-state index contributed by atoms with van der Waals surface area (Å²) in [7, 11) is 0. The summed E-state index contributed by atoms with van der Waals surface area (Å²) in [5, 5.41) is 6.69. The van der Waals surface area contributed by atoms with Crippen LogP contribution in [0.15, 0.2) is 40.7 Å². The first-order chi connectivity index (χ1) is 13.6. The molecule has 1 N–H and O–H groups in total. The van der Waals surface area contributed by atoms with Crippen LogP contribution in [0, 0.1) is 5.92 Å². The fourth-order valence-electron chi connectivity index (χ4n) is 3.25. The van der Waals surface area contributed by atoms with E-state index >= 15 is 0 Å². The molecule has 5 nitrogen and oxygen atoms in total. The molecule has 1 aromatic carbocycles. The van der Waals surface area contributed by atoms with Crippen LogP contribution < -0.4 is 5.43 Å². The molecule has 0 unspecified atom stereocenters. The third-order valence-electron chi connectivity index (χ3n) is 4.67. The van der Waals surface area contributed by atoms with Crippen LogP contribution in [0.2, 0.25) is 5.02 Å². The molecule has 4 rings (SSSR count). The van der Waals surface area contributed by atoms with Crippen molar-refractivity contribution in [1.29, 1.82) is 0 Å². The average Bonchev–Trinajstić information content (AvgIpc) is 3.06. The number of aryl methyl sites for hydroxylation is 1. The minimum Gasteiger partial charge on any atom is -0.272 e. The van der Waals surface area contributed by atoms with Crippen molar-refractivity contribution in [1.82, 2.24) is 15.4 Å². The number of nitrogens with one attached hydrogen (secondary N) is 1. The molecule has 2 aromatic heterocycles.